The summed E-state index contributed by atoms with van der Waals surface area (Å²) in [4.78, 5) is 28.7. The normalized spacial score (nSPS) is 18.9. The number of benzene rings is 2. The first-order valence-electron chi connectivity index (χ1n) is 11.9. The minimum absolute atomic E-state index is 0.199. The molecule has 9 heteroatoms. The maximum Gasteiger partial charge on any atom is 0.348 e. The van der Waals surface area contributed by atoms with Crippen LogP contribution in [-0.2, 0) is 32.4 Å². The minimum atomic E-state index is -3.66. The average molecular weight is 513 g/mol. The molecule has 1 aliphatic heterocycles. The van der Waals surface area contributed by atoms with Gasteiger partial charge in [-0.1, -0.05) is 37.3 Å². The van der Waals surface area contributed by atoms with Gasteiger partial charge in [0.25, 0.3) is 5.91 Å². The van der Waals surface area contributed by atoms with E-state index in [-0.39, 0.29) is 43.6 Å². The number of esters is 1. The van der Waals surface area contributed by atoms with Crippen LogP contribution >= 0.6 is 11.3 Å². The van der Waals surface area contributed by atoms with Crippen molar-refractivity contribution in [3.63, 3.8) is 0 Å². The van der Waals surface area contributed by atoms with Gasteiger partial charge in [0.1, 0.15) is 4.88 Å². The number of nitrogens with zero attached hydrogens (tertiary/aromatic N) is 2. The lowest BCUT2D eigenvalue weighted by Gasteiger charge is -2.33. The molecule has 3 aromatic rings. The van der Waals surface area contributed by atoms with Gasteiger partial charge in [-0.15, -0.1) is 11.3 Å². The summed E-state index contributed by atoms with van der Waals surface area (Å²) < 4.78 is 33.0. The first-order valence-corrected chi connectivity index (χ1v) is 14.1. The number of ether oxygens (including phenoxy) is 1. The number of rotatable bonds is 5. The predicted molar refractivity (Wildman–Crippen MR) is 135 cm³/mol. The van der Waals surface area contributed by atoms with E-state index in [9.17, 15) is 18.0 Å². The van der Waals surface area contributed by atoms with Crippen LogP contribution in [0.2, 0.25) is 0 Å². The van der Waals surface area contributed by atoms with Crippen molar-refractivity contribution in [3.8, 4) is 0 Å². The number of fused-ring (bicyclic) bond motifs is 2. The zero-order valence-electron chi connectivity index (χ0n) is 19.6. The topological polar surface area (TPSA) is 84.0 Å². The van der Waals surface area contributed by atoms with Gasteiger partial charge in [-0.2, -0.15) is 4.31 Å². The molecule has 7 nitrogen and oxygen atoms in total. The van der Waals surface area contributed by atoms with E-state index >= 15 is 0 Å². The van der Waals surface area contributed by atoms with Crippen molar-refractivity contribution in [1.82, 2.24) is 9.21 Å². The molecule has 1 atom stereocenters. The molecule has 2 aliphatic rings. The van der Waals surface area contributed by atoms with Gasteiger partial charge in [0.15, 0.2) is 6.61 Å². The van der Waals surface area contributed by atoms with Crippen molar-refractivity contribution >= 4 is 44.0 Å². The molecule has 184 valence electrons. The molecule has 1 amide bonds. The predicted octanol–water partition coefficient (Wildman–Crippen LogP) is 3.72. The lowest BCUT2D eigenvalue weighted by Crippen LogP contribution is -2.51. The highest BCUT2D eigenvalue weighted by atomic mass is 32.2. The van der Waals surface area contributed by atoms with Gasteiger partial charge < -0.3 is 9.64 Å². The number of amides is 1. The number of aryl methyl sites for hydroxylation is 1. The molecule has 2 aromatic carbocycles. The third-order valence-electron chi connectivity index (χ3n) is 6.81. The van der Waals surface area contributed by atoms with Crippen LogP contribution in [0.4, 0.5) is 0 Å². The molecule has 0 unspecified atom stereocenters. The van der Waals surface area contributed by atoms with Crippen LogP contribution < -0.4 is 0 Å². The van der Waals surface area contributed by atoms with Crippen LogP contribution in [0.5, 0.6) is 0 Å². The molecule has 0 spiro atoms. The van der Waals surface area contributed by atoms with Gasteiger partial charge in [-0.3, -0.25) is 4.79 Å². The molecule has 0 radical (unpaired) electrons. The van der Waals surface area contributed by atoms with Gasteiger partial charge >= 0.3 is 5.97 Å². The second-order valence-corrected chi connectivity index (χ2v) is 12.4. The molecule has 1 fully saturated rings. The fraction of sp³-hybridized carbons (Fsp3) is 0.385. The van der Waals surface area contributed by atoms with Gasteiger partial charge in [0.05, 0.1) is 4.90 Å². The summed E-state index contributed by atoms with van der Waals surface area (Å²) in [6.45, 7) is 2.79. The van der Waals surface area contributed by atoms with Crippen LogP contribution in [0.3, 0.4) is 0 Å². The summed E-state index contributed by atoms with van der Waals surface area (Å²) in [7, 11) is -3.66. The number of piperazine rings is 1. The quantitative estimate of drug-likeness (QED) is 0.487. The molecule has 0 N–H and O–H groups in total. The molecule has 0 saturated carbocycles. The van der Waals surface area contributed by atoms with Gasteiger partial charge in [-0.05, 0) is 59.7 Å². The van der Waals surface area contributed by atoms with E-state index in [1.54, 1.807) is 23.1 Å². The Morgan fingerprint density at radius 2 is 1.77 bits per heavy atom. The van der Waals surface area contributed by atoms with Crippen molar-refractivity contribution in [2.24, 2.45) is 5.92 Å². The van der Waals surface area contributed by atoms with Crippen molar-refractivity contribution in [2.45, 2.75) is 31.1 Å². The number of carbonyl (C=O) groups excluding carboxylic acids is 2. The second-order valence-electron chi connectivity index (χ2n) is 9.28. The van der Waals surface area contributed by atoms with Crippen LogP contribution in [0.25, 0.3) is 10.8 Å². The van der Waals surface area contributed by atoms with Crippen molar-refractivity contribution in [2.75, 3.05) is 32.8 Å². The highest BCUT2D eigenvalue weighted by molar-refractivity contribution is 7.89. The third kappa shape index (κ3) is 4.98. The summed E-state index contributed by atoms with van der Waals surface area (Å²) in [5, 5.41) is 1.85. The van der Waals surface area contributed by atoms with Crippen LogP contribution in [0, 0.1) is 5.92 Å². The largest absolute Gasteiger partial charge is 0.451 e. The van der Waals surface area contributed by atoms with Crippen LogP contribution in [0.1, 0.15) is 33.5 Å². The van der Waals surface area contributed by atoms with Gasteiger partial charge in [-0.25, -0.2) is 13.2 Å². The molecule has 35 heavy (non-hydrogen) atoms. The maximum atomic E-state index is 13.1. The third-order valence-corrected chi connectivity index (χ3v) is 9.92. The molecule has 5 rings (SSSR count). The molecular weight excluding hydrogens is 484 g/mol. The fourth-order valence-electron chi connectivity index (χ4n) is 4.75. The summed E-state index contributed by atoms with van der Waals surface area (Å²) >= 11 is 1.46. The summed E-state index contributed by atoms with van der Waals surface area (Å²) in [5.74, 6) is -0.162. The van der Waals surface area contributed by atoms with Crippen LogP contribution in [0.15, 0.2) is 53.4 Å². The molecule has 1 saturated heterocycles. The standard InChI is InChI=1S/C26H28N2O5S2/c1-18-6-9-23-21(14-18)16-24(34-23)26(30)33-17-25(29)27-10-12-28(13-11-27)35(31,32)22-8-7-19-4-2-3-5-20(19)15-22/h2-5,7-8,15-16,18H,6,9-14,17H2,1H3/t18-/m1/s1. The number of sulfonamides is 1. The van der Waals surface area contributed by atoms with E-state index in [0.29, 0.717) is 10.8 Å². The highest BCUT2D eigenvalue weighted by Crippen LogP contribution is 2.32. The Balaban J connectivity index is 1.15. The molecule has 1 aliphatic carbocycles. The number of carbonyl (C=O) groups is 2. The Hall–Kier alpha value is -2.75. The first kappa shape index (κ1) is 24.0. The molecule has 0 bridgehead atoms. The zero-order valence-corrected chi connectivity index (χ0v) is 21.2. The number of hydrogen-bond donors (Lipinski definition) is 0. The van der Waals surface area contributed by atoms with Crippen molar-refractivity contribution < 1.29 is 22.7 Å². The molecule has 2 heterocycles. The number of thiophene rings is 1. The SMILES string of the molecule is C[C@@H]1CCc2sc(C(=O)OCC(=O)N3CCN(S(=O)(=O)c4ccc5ccccc5c4)CC3)cc2C1. The Morgan fingerprint density at radius 3 is 2.54 bits per heavy atom. The van der Waals surface area contributed by atoms with E-state index in [1.807, 2.05) is 30.3 Å². The first-order chi connectivity index (χ1) is 16.8. The monoisotopic (exact) mass is 512 g/mol. The lowest BCUT2D eigenvalue weighted by molar-refractivity contribution is -0.135. The Kier molecular flexibility index (Phi) is 6.65. The summed E-state index contributed by atoms with van der Waals surface area (Å²) in [6.07, 6.45) is 3.09. The van der Waals surface area contributed by atoms with E-state index in [1.165, 1.54) is 26.1 Å². The smallest absolute Gasteiger partial charge is 0.348 e. The average Bonchev–Trinajstić information content (AvgIpc) is 3.30. The Morgan fingerprint density at radius 1 is 1.03 bits per heavy atom. The molecular formula is C26H28N2O5S2. The zero-order chi connectivity index (χ0) is 24.6. The maximum absolute atomic E-state index is 13.1. The second kappa shape index (κ2) is 9.72. The minimum Gasteiger partial charge on any atom is -0.451 e. The fourth-order valence-corrected chi connectivity index (χ4v) is 7.31. The van der Waals surface area contributed by atoms with E-state index < -0.39 is 16.0 Å². The lowest BCUT2D eigenvalue weighted by atomic mass is 9.90. The van der Waals surface area contributed by atoms with Crippen LogP contribution in [-0.4, -0.2) is 62.3 Å². The van der Waals surface area contributed by atoms with E-state index in [0.717, 1.165) is 30.0 Å². The Labute approximate surface area is 209 Å². The summed E-state index contributed by atoms with van der Waals surface area (Å²) in [6, 6.07) is 14.6. The van der Waals surface area contributed by atoms with E-state index in [2.05, 4.69) is 6.92 Å². The number of hydrogen-bond acceptors (Lipinski definition) is 6. The van der Waals surface area contributed by atoms with Crippen molar-refractivity contribution in [1.29, 1.82) is 0 Å². The van der Waals surface area contributed by atoms with E-state index in [4.69, 9.17) is 4.74 Å². The van der Waals surface area contributed by atoms with Gasteiger partial charge in [0.2, 0.25) is 10.0 Å². The molecule has 1 aromatic heterocycles. The summed E-state index contributed by atoms with van der Waals surface area (Å²) in [5.41, 5.74) is 1.22. The highest BCUT2D eigenvalue weighted by Gasteiger charge is 2.31. The van der Waals surface area contributed by atoms with Gasteiger partial charge in [0, 0.05) is 31.1 Å². The van der Waals surface area contributed by atoms with Crippen molar-refractivity contribution in [3.05, 3.63) is 63.8 Å². The Bertz CT molecular complexity index is 1370.